The fraction of sp³-hybridized carbons (Fsp3) is 0.400. The van der Waals surface area contributed by atoms with Crippen LogP contribution in [0.15, 0.2) is 60.7 Å². The van der Waals surface area contributed by atoms with Gasteiger partial charge in [0.2, 0.25) is 0 Å². The summed E-state index contributed by atoms with van der Waals surface area (Å²) < 4.78 is 0. The van der Waals surface area contributed by atoms with Crippen LogP contribution in [0.2, 0.25) is 0 Å². The smallest absolute Gasteiger partial charge is 0.0150 e. The third kappa shape index (κ3) is 4.44. The average molecular weight is 279 g/mol. The maximum absolute atomic E-state index is 3.91. The maximum atomic E-state index is 3.91. The summed E-state index contributed by atoms with van der Waals surface area (Å²) in [5.74, 6) is 0. The van der Waals surface area contributed by atoms with Crippen molar-refractivity contribution in [1.29, 1.82) is 0 Å². The molecule has 1 fully saturated rings. The molecule has 1 nitrogen and oxygen atoms in total. The fourth-order valence-electron chi connectivity index (χ4n) is 3.41. The molecule has 110 valence electrons. The van der Waals surface area contributed by atoms with E-state index in [0.29, 0.717) is 6.04 Å². The predicted molar refractivity (Wildman–Crippen MR) is 89.5 cm³/mol. The van der Waals surface area contributed by atoms with Crippen LogP contribution < -0.4 is 5.32 Å². The summed E-state index contributed by atoms with van der Waals surface area (Å²) in [5, 5.41) is 3.91. The van der Waals surface area contributed by atoms with Crippen LogP contribution in [0.25, 0.3) is 0 Å². The summed E-state index contributed by atoms with van der Waals surface area (Å²) in [7, 11) is 0. The van der Waals surface area contributed by atoms with Crippen molar-refractivity contribution in [3.8, 4) is 0 Å². The second kappa shape index (κ2) is 7.42. The van der Waals surface area contributed by atoms with Crippen molar-refractivity contribution in [1.82, 2.24) is 5.32 Å². The highest BCUT2D eigenvalue weighted by Crippen LogP contribution is 2.20. The molecule has 0 aliphatic heterocycles. The lowest BCUT2D eigenvalue weighted by molar-refractivity contribution is 0.424. The Kier molecular flexibility index (Phi) is 5.07. The fourth-order valence-corrected chi connectivity index (χ4v) is 3.41. The lowest BCUT2D eigenvalue weighted by Crippen LogP contribution is -2.39. The molecule has 1 heteroatoms. The zero-order valence-electron chi connectivity index (χ0n) is 12.7. The minimum Gasteiger partial charge on any atom is -0.311 e. The van der Waals surface area contributed by atoms with Gasteiger partial charge in [0.15, 0.2) is 0 Å². The zero-order valence-corrected chi connectivity index (χ0v) is 12.7. The minimum atomic E-state index is 0.540. The lowest BCUT2D eigenvalue weighted by atomic mass is 9.98. The van der Waals surface area contributed by atoms with Gasteiger partial charge in [0.1, 0.15) is 0 Å². The van der Waals surface area contributed by atoms with Gasteiger partial charge in [-0.25, -0.2) is 0 Å². The Hall–Kier alpha value is -1.60. The second-order valence-corrected chi connectivity index (χ2v) is 6.22. The Morgan fingerprint density at radius 1 is 0.762 bits per heavy atom. The SMILES string of the molecule is c1ccc(CC(Cc2ccccc2)NC2CCCC2)cc1. The van der Waals surface area contributed by atoms with Gasteiger partial charge in [0, 0.05) is 12.1 Å². The molecule has 1 N–H and O–H groups in total. The summed E-state index contributed by atoms with van der Waals surface area (Å²) in [5.41, 5.74) is 2.87. The first kappa shape index (κ1) is 14.3. The average Bonchev–Trinajstić information content (AvgIpc) is 3.02. The minimum absolute atomic E-state index is 0.540. The molecule has 2 aromatic carbocycles. The summed E-state index contributed by atoms with van der Waals surface area (Å²) >= 11 is 0. The largest absolute Gasteiger partial charge is 0.311 e. The van der Waals surface area contributed by atoms with Crippen LogP contribution in [0.5, 0.6) is 0 Å². The lowest BCUT2D eigenvalue weighted by Gasteiger charge is -2.23. The van der Waals surface area contributed by atoms with E-state index < -0.39 is 0 Å². The topological polar surface area (TPSA) is 12.0 Å². The number of nitrogens with one attached hydrogen (secondary N) is 1. The molecule has 1 aliphatic rings. The van der Waals surface area contributed by atoms with Crippen molar-refractivity contribution in [2.24, 2.45) is 0 Å². The summed E-state index contributed by atoms with van der Waals surface area (Å²) in [6.45, 7) is 0. The molecule has 0 unspecified atom stereocenters. The second-order valence-electron chi connectivity index (χ2n) is 6.22. The van der Waals surface area contributed by atoms with Crippen LogP contribution >= 0.6 is 0 Å². The predicted octanol–water partition coefficient (Wildman–Crippen LogP) is 4.37. The molecule has 21 heavy (non-hydrogen) atoms. The van der Waals surface area contributed by atoms with E-state index in [1.807, 2.05) is 0 Å². The molecule has 1 aliphatic carbocycles. The van der Waals surface area contributed by atoms with Gasteiger partial charge in [-0.05, 0) is 36.8 Å². The quantitative estimate of drug-likeness (QED) is 0.828. The third-order valence-corrected chi connectivity index (χ3v) is 4.48. The molecule has 0 aromatic heterocycles. The standard InChI is InChI=1S/C20H25N/c1-3-9-17(10-4-1)15-20(21-19-13-7-8-14-19)16-18-11-5-2-6-12-18/h1-6,9-12,19-21H,7-8,13-16H2. The van der Waals surface area contributed by atoms with Crippen LogP contribution in [0.3, 0.4) is 0 Å². The summed E-state index contributed by atoms with van der Waals surface area (Å²) in [6.07, 6.45) is 7.71. The molecular weight excluding hydrogens is 254 g/mol. The van der Waals surface area contributed by atoms with Gasteiger partial charge in [-0.3, -0.25) is 0 Å². The van der Waals surface area contributed by atoms with E-state index in [9.17, 15) is 0 Å². The van der Waals surface area contributed by atoms with Crippen LogP contribution in [0.1, 0.15) is 36.8 Å². The van der Waals surface area contributed by atoms with Crippen molar-refractivity contribution in [3.63, 3.8) is 0 Å². The Bertz CT molecular complexity index is 473. The van der Waals surface area contributed by atoms with Crippen LogP contribution in [-0.2, 0) is 12.8 Å². The van der Waals surface area contributed by atoms with Crippen LogP contribution in [0.4, 0.5) is 0 Å². The highest BCUT2D eigenvalue weighted by Gasteiger charge is 2.19. The number of benzene rings is 2. The molecule has 0 amide bonds. The van der Waals surface area contributed by atoms with Crippen LogP contribution in [0, 0.1) is 0 Å². The molecule has 2 aromatic rings. The molecule has 3 rings (SSSR count). The van der Waals surface area contributed by atoms with Crippen molar-refractivity contribution in [3.05, 3.63) is 71.8 Å². The first-order chi connectivity index (χ1) is 10.4. The molecule has 0 radical (unpaired) electrons. The summed E-state index contributed by atoms with van der Waals surface area (Å²) in [6, 6.07) is 23.0. The molecule has 0 saturated heterocycles. The molecular formula is C20H25N. The van der Waals surface area contributed by atoms with Crippen molar-refractivity contribution in [2.75, 3.05) is 0 Å². The first-order valence-corrected chi connectivity index (χ1v) is 8.24. The van der Waals surface area contributed by atoms with Gasteiger partial charge >= 0.3 is 0 Å². The number of hydrogen-bond acceptors (Lipinski definition) is 1. The highest BCUT2D eigenvalue weighted by molar-refractivity contribution is 5.19. The van der Waals surface area contributed by atoms with Gasteiger partial charge in [-0.1, -0.05) is 73.5 Å². The van der Waals surface area contributed by atoms with Gasteiger partial charge in [-0.2, -0.15) is 0 Å². The monoisotopic (exact) mass is 279 g/mol. The Labute approximate surface area is 128 Å². The molecule has 0 spiro atoms. The van der Waals surface area contributed by atoms with E-state index in [4.69, 9.17) is 0 Å². The van der Waals surface area contributed by atoms with Crippen molar-refractivity contribution in [2.45, 2.75) is 50.6 Å². The van der Waals surface area contributed by atoms with Crippen molar-refractivity contribution >= 4 is 0 Å². The van der Waals surface area contributed by atoms with Gasteiger partial charge in [0.05, 0.1) is 0 Å². The maximum Gasteiger partial charge on any atom is 0.0150 e. The zero-order chi connectivity index (χ0) is 14.3. The number of rotatable bonds is 6. The Morgan fingerprint density at radius 2 is 1.24 bits per heavy atom. The number of hydrogen-bond donors (Lipinski definition) is 1. The van der Waals surface area contributed by atoms with Crippen molar-refractivity contribution < 1.29 is 0 Å². The third-order valence-electron chi connectivity index (χ3n) is 4.48. The van der Waals surface area contributed by atoms with Gasteiger partial charge in [-0.15, -0.1) is 0 Å². The molecule has 0 atom stereocenters. The Balaban J connectivity index is 1.67. The Morgan fingerprint density at radius 3 is 1.71 bits per heavy atom. The van der Waals surface area contributed by atoms with Crippen LogP contribution in [-0.4, -0.2) is 12.1 Å². The van der Waals surface area contributed by atoms with Gasteiger partial charge < -0.3 is 5.32 Å². The molecule has 0 heterocycles. The molecule has 1 saturated carbocycles. The van der Waals surface area contributed by atoms with E-state index in [1.165, 1.54) is 36.8 Å². The van der Waals surface area contributed by atoms with E-state index in [-0.39, 0.29) is 0 Å². The van der Waals surface area contributed by atoms with E-state index >= 15 is 0 Å². The first-order valence-electron chi connectivity index (χ1n) is 8.24. The van der Waals surface area contributed by atoms with E-state index in [2.05, 4.69) is 66.0 Å². The van der Waals surface area contributed by atoms with Gasteiger partial charge in [0.25, 0.3) is 0 Å². The molecule has 0 bridgehead atoms. The highest BCUT2D eigenvalue weighted by atomic mass is 15.0. The normalized spacial score (nSPS) is 15.7. The summed E-state index contributed by atoms with van der Waals surface area (Å²) in [4.78, 5) is 0. The van der Waals surface area contributed by atoms with E-state index in [0.717, 1.165) is 18.9 Å². The van der Waals surface area contributed by atoms with E-state index in [1.54, 1.807) is 0 Å².